The van der Waals surface area contributed by atoms with Crippen molar-refractivity contribution in [2.75, 3.05) is 0 Å². The summed E-state index contributed by atoms with van der Waals surface area (Å²) >= 11 is 0. The second kappa shape index (κ2) is 7.69. The fourth-order valence-corrected chi connectivity index (χ4v) is 6.48. The van der Waals surface area contributed by atoms with Crippen LogP contribution in [0.3, 0.4) is 0 Å². The Morgan fingerprint density at radius 3 is 2.23 bits per heavy atom. The molecule has 3 unspecified atom stereocenters. The van der Waals surface area contributed by atoms with Crippen molar-refractivity contribution in [2.45, 2.75) is 54.1 Å². The zero-order chi connectivity index (χ0) is 17.4. The molecule has 2 aliphatic rings. The molecule has 1 N–H and O–H groups in total. The zero-order valence-electron chi connectivity index (χ0n) is 14.4. The number of nitrogens with zero attached hydrogens (tertiary/aromatic N) is 1. The van der Waals surface area contributed by atoms with Gasteiger partial charge in [0, 0.05) is 12.6 Å². The summed E-state index contributed by atoms with van der Waals surface area (Å²) in [5, 5.41) is 10.1. The average molecular weight is 394 g/mol. The van der Waals surface area contributed by atoms with E-state index in [1.807, 2.05) is 24.3 Å². The van der Waals surface area contributed by atoms with E-state index in [1.165, 1.54) is 0 Å². The van der Waals surface area contributed by atoms with Crippen LogP contribution in [0.5, 0.6) is 0 Å². The Morgan fingerprint density at radius 1 is 0.962 bits per heavy atom. The van der Waals surface area contributed by atoms with Crippen LogP contribution in [-0.4, -0.2) is 41.9 Å². The number of rotatable bonds is 4. The van der Waals surface area contributed by atoms with Crippen molar-refractivity contribution >= 4 is 22.2 Å². The number of hydrogen-bond acceptors (Lipinski definition) is 4. The second-order valence-electron chi connectivity index (χ2n) is 7.08. The van der Waals surface area contributed by atoms with Gasteiger partial charge < -0.3 is 5.11 Å². The molecule has 0 radical (unpaired) electrons. The molecule has 2 aliphatic heterocycles. The number of halogens is 1. The molecule has 6 heteroatoms. The smallest absolute Gasteiger partial charge is 0.182 e. The Labute approximate surface area is 161 Å². The lowest BCUT2D eigenvalue weighted by molar-refractivity contribution is 0.0103. The third kappa shape index (κ3) is 3.41. The first-order chi connectivity index (χ1) is 12.1. The maximum absolute atomic E-state index is 13.2. The summed E-state index contributed by atoms with van der Waals surface area (Å²) in [5.74, 6) is 0. The summed E-state index contributed by atoms with van der Waals surface area (Å²) in [5.41, 5.74) is 1.16. The lowest BCUT2D eigenvalue weighted by Gasteiger charge is -2.38. The number of benzene rings is 2. The lowest BCUT2D eigenvalue weighted by atomic mass is 9.99. The SMILES string of the molecule is Cl.O=S(=O)(c1ccccc1)C1CC2CC[C@@H](O)C1N2Cc1ccccc1. The lowest BCUT2D eigenvalue weighted by Crippen LogP contribution is -2.51. The van der Waals surface area contributed by atoms with Crippen LogP contribution in [0.2, 0.25) is 0 Å². The molecule has 2 heterocycles. The first kappa shape index (κ1) is 19.4. The first-order valence-electron chi connectivity index (χ1n) is 8.84. The van der Waals surface area contributed by atoms with E-state index in [-0.39, 0.29) is 24.5 Å². The summed E-state index contributed by atoms with van der Waals surface area (Å²) < 4.78 is 26.4. The van der Waals surface area contributed by atoms with Crippen LogP contribution in [0.25, 0.3) is 0 Å². The van der Waals surface area contributed by atoms with E-state index >= 15 is 0 Å². The number of fused-ring (bicyclic) bond motifs is 2. The summed E-state index contributed by atoms with van der Waals surface area (Å²) in [6.45, 7) is 0.689. The van der Waals surface area contributed by atoms with Gasteiger partial charge in [-0.3, -0.25) is 4.90 Å². The molecule has 2 fully saturated rings. The Morgan fingerprint density at radius 2 is 1.58 bits per heavy atom. The highest BCUT2D eigenvalue weighted by molar-refractivity contribution is 7.92. The number of hydrogen-bond donors (Lipinski definition) is 1. The summed E-state index contributed by atoms with van der Waals surface area (Å²) in [4.78, 5) is 2.58. The van der Waals surface area contributed by atoms with Gasteiger partial charge in [-0.25, -0.2) is 8.42 Å². The molecule has 2 aromatic carbocycles. The molecule has 140 valence electrons. The molecule has 0 aromatic heterocycles. The molecule has 2 saturated heterocycles. The summed E-state index contributed by atoms with van der Waals surface area (Å²) in [7, 11) is -3.45. The molecule has 0 amide bonds. The molecule has 0 aliphatic carbocycles. The van der Waals surface area contributed by atoms with E-state index in [1.54, 1.807) is 24.3 Å². The average Bonchev–Trinajstić information content (AvgIpc) is 2.90. The van der Waals surface area contributed by atoms with Gasteiger partial charge in [0.1, 0.15) is 0 Å². The van der Waals surface area contributed by atoms with Gasteiger partial charge in [0.05, 0.1) is 22.3 Å². The van der Waals surface area contributed by atoms with Crippen molar-refractivity contribution in [3.63, 3.8) is 0 Å². The number of aliphatic hydroxyl groups excluding tert-OH is 1. The molecular formula is C20H24ClNO3S. The highest BCUT2D eigenvalue weighted by atomic mass is 35.5. The molecule has 0 saturated carbocycles. The zero-order valence-corrected chi connectivity index (χ0v) is 16.1. The number of piperidine rings is 1. The van der Waals surface area contributed by atoms with Gasteiger partial charge in [-0.2, -0.15) is 0 Å². The quantitative estimate of drug-likeness (QED) is 0.867. The van der Waals surface area contributed by atoms with Gasteiger partial charge in [0.2, 0.25) is 0 Å². The minimum absolute atomic E-state index is 0. The number of aliphatic hydroxyl groups is 1. The maximum Gasteiger partial charge on any atom is 0.182 e. The van der Waals surface area contributed by atoms with Crippen molar-refractivity contribution in [1.82, 2.24) is 4.90 Å². The van der Waals surface area contributed by atoms with E-state index in [0.29, 0.717) is 24.3 Å². The molecule has 2 aromatic rings. The van der Waals surface area contributed by atoms with E-state index in [0.717, 1.165) is 12.0 Å². The van der Waals surface area contributed by atoms with Gasteiger partial charge in [-0.15, -0.1) is 12.4 Å². The van der Waals surface area contributed by atoms with Crippen LogP contribution in [0.1, 0.15) is 24.8 Å². The van der Waals surface area contributed by atoms with E-state index in [2.05, 4.69) is 17.0 Å². The molecule has 2 bridgehead atoms. The minimum atomic E-state index is -3.45. The topological polar surface area (TPSA) is 57.6 Å². The predicted molar refractivity (Wildman–Crippen MR) is 104 cm³/mol. The fourth-order valence-electron chi connectivity index (χ4n) is 4.41. The van der Waals surface area contributed by atoms with E-state index in [9.17, 15) is 13.5 Å². The van der Waals surface area contributed by atoms with E-state index < -0.39 is 21.2 Å². The summed E-state index contributed by atoms with van der Waals surface area (Å²) in [6, 6.07) is 18.6. The second-order valence-corrected chi connectivity index (χ2v) is 9.25. The molecule has 0 spiro atoms. The van der Waals surface area contributed by atoms with Crippen molar-refractivity contribution in [2.24, 2.45) is 0 Å². The Hall–Kier alpha value is -1.40. The van der Waals surface area contributed by atoms with E-state index in [4.69, 9.17) is 0 Å². The number of sulfone groups is 1. The molecule has 4 nitrogen and oxygen atoms in total. The third-order valence-corrected chi connectivity index (χ3v) is 7.80. The van der Waals surface area contributed by atoms with Crippen molar-refractivity contribution in [3.05, 3.63) is 66.2 Å². The third-order valence-electron chi connectivity index (χ3n) is 5.61. The van der Waals surface area contributed by atoms with Gasteiger partial charge in [0.15, 0.2) is 9.84 Å². The largest absolute Gasteiger partial charge is 0.391 e. The predicted octanol–water partition coefficient (Wildman–Crippen LogP) is 3.05. The maximum atomic E-state index is 13.2. The standard InChI is InChI=1S/C20H23NO3S.ClH/c22-18-12-11-16-13-19(25(23,24)17-9-5-2-6-10-17)20(18)21(16)14-15-7-3-1-4-8-15;/h1-10,16,18-20,22H,11-14H2;1H/t16?,18-,19?,20?;/m1./s1. The van der Waals surface area contributed by atoms with Gasteiger partial charge in [0.25, 0.3) is 0 Å². The van der Waals surface area contributed by atoms with Gasteiger partial charge in [-0.1, -0.05) is 48.5 Å². The van der Waals surface area contributed by atoms with Crippen molar-refractivity contribution in [3.8, 4) is 0 Å². The van der Waals surface area contributed by atoms with Crippen LogP contribution >= 0.6 is 12.4 Å². The normalized spacial score (nSPS) is 28.5. The molecule has 26 heavy (non-hydrogen) atoms. The van der Waals surface area contributed by atoms with Crippen molar-refractivity contribution < 1.29 is 13.5 Å². The van der Waals surface area contributed by atoms with Crippen LogP contribution < -0.4 is 0 Å². The highest BCUT2D eigenvalue weighted by Gasteiger charge is 2.52. The first-order valence-corrected chi connectivity index (χ1v) is 10.4. The Balaban J connectivity index is 0.00000196. The Bertz CT molecular complexity index is 829. The summed E-state index contributed by atoms with van der Waals surface area (Å²) in [6.07, 6.45) is 1.55. The fraction of sp³-hybridized carbons (Fsp3) is 0.400. The Kier molecular flexibility index (Phi) is 5.72. The molecular weight excluding hydrogens is 370 g/mol. The monoisotopic (exact) mass is 393 g/mol. The van der Waals surface area contributed by atoms with Crippen molar-refractivity contribution in [1.29, 1.82) is 0 Å². The molecule has 4 atom stereocenters. The van der Waals surface area contributed by atoms with Crippen LogP contribution in [0, 0.1) is 0 Å². The van der Waals surface area contributed by atoms with Crippen LogP contribution in [-0.2, 0) is 16.4 Å². The minimum Gasteiger partial charge on any atom is -0.391 e. The van der Waals surface area contributed by atoms with Crippen LogP contribution in [0.4, 0.5) is 0 Å². The molecule has 4 rings (SSSR count). The van der Waals surface area contributed by atoms with Gasteiger partial charge in [-0.05, 0) is 37.0 Å². The van der Waals surface area contributed by atoms with Crippen LogP contribution in [0.15, 0.2) is 65.6 Å². The van der Waals surface area contributed by atoms with Gasteiger partial charge >= 0.3 is 0 Å². The highest BCUT2D eigenvalue weighted by Crippen LogP contribution is 2.41.